The Morgan fingerprint density at radius 1 is 1.52 bits per heavy atom. The molecule has 0 radical (unpaired) electrons. The van der Waals surface area contributed by atoms with Gasteiger partial charge >= 0.3 is 5.97 Å². The molecule has 112 valence electrons. The van der Waals surface area contributed by atoms with Gasteiger partial charge < -0.3 is 15.2 Å². The average Bonchev–Trinajstić information content (AvgIpc) is 3.06. The lowest BCUT2D eigenvalue weighted by atomic mass is 10.3. The average molecular weight is 347 g/mol. The van der Waals surface area contributed by atoms with E-state index in [0.717, 1.165) is 4.88 Å². The van der Waals surface area contributed by atoms with Gasteiger partial charge in [-0.25, -0.2) is 9.78 Å². The minimum atomic E-state index is -1.16. The predicted octanol–water partition coefficient (Wildman–Crippen LogP) is 2.35. The van der Waals surface area contributed by atoms with Crippen molar-refractivity contribution in [3.05, 3.63) is 27.5 Å². The van der Waals surface area contributed by atoms with Crippen molar-refractivity contribution in [3.63, 3.8) is 0 Å². The van der Waals surface area contributed by atoms with E-state index >= 15 is 0 Å². The molecule has 6 nitrogen and oxygen atoms in total. The minimum absolute atomic E-state index is 0.112. The smallest absolute Gasteiger partial charge is 0.328 e. The van der Waals surface area contributed by atoms with Gasteiger partial charge in [0.25, 0.3) is 5.91 Å². The van der Waals surface area contributed by atoms with Crippen LogP contribution >= 0.6 is 34.3 Å². The summed E-state index contributed by atoms with van der Waals surface area (Å²) in [5, 5.41) is 13.6. The van der Waals surface area contributed by atoms with E-state index in [4.69, 9.17) is 21.4 Å². The Hall–Kier alpha value is -1.48. The lowest BCUT2D eigenvalue weighted by Crippen LogP contribution is -2.43. The Kier molecular flexibility index (Phi) is 5.29. The van der Waals surface area contributed by atoms with E-state index in [9.17, 15) is 9.59 Å². The third kappa shape index (κ3) is 4.01. The zero-order valence-electron chi connectivity index (χ0n) is 10.8. The standard InChI is InChI=1S/C12H11ClN2O4S2/c1-19-4-6(12(17)18)14-10(16)7-5-20-11(15-7)8-2-3-9(13)21-8/h2-3,5-6H,4H2,1H3,(H,14,16)(H,17,18). The maximum atomic E-state index is 12.0. The van der Waals surface area contributed by atoms with Crippen LogP contribution in [0.25, 0.3) is 9.88 Å². The highest BCUT2D eigenvalue weighted by atomic mass is 35.5. The van der Waals surface area contributed by atoms with Crippen LogP contribution in [0.5, 0.6) is 0 Å². The molecule has 2 aromatic heterocycles. The van der Waals surface area contributed by atoms with Gasteiger partial charge in [0.05, 0.1) is 15.8 Å². The highest BCUT2D eigenvalue weighted by Crippen LogP contribution is 2.32. The van der Waals surface area contributed by atoms with Crippen LogP contribution in [0, 0.1) is 0 Å². The summed E-state index contributed by atoms with van der Waals surface area (Å²) in [4.78, 5) is 28.0. The number of thiazole rings is 1. The predicted molar refractivity (Wildman–Crippen MR) is 81.2 cm³/mol. The third-order valence-corrected chi connectivity index (χ3v) is 4.70. The number of carbonyl (C=O) groups excluding carboxylic acids is 1. The van der Waals surface area contributed by atoms with Crippen LogP contribution in [-0.4, -0.2) is 41.7 Å². The number of hydrogen-bond acceptors (Lipinski definition) is 6. The Labute approximate surface area is 133 Å². The van der Waals surface area contributed by atoms with Gasteiger partial charge in [0.1, 0.15) is 10.7 Å². The Bertz CT molecular complexity index is 655. The van der Waals surface area contributed by atoms with Crippen LogP contribution < -0.4 is 5.32 Å². The second-order valence-corrected chi connectivity index (χ2v) is 6.53. The van der Waals surface area contributed by atoms with Gasteiger partial charge in [-0.15, -0.1) is 22.7 Å². The van der Waals surface area contributed by atoms with E-state index in [1.807, 2.05) is 6.07 Å². The van der Waals surface area contributed by atoms with E-state index < -0.39 is 17.9 Å². The number of methoxy groups -OCH3 is 1. The SMILES string of the molecule is COCC(NC(=O)c1csc(-c2ccc(Cl)s2)n1)C(=O)O. The molecule has 0 saturated heterocycles. The van der Waals surface area contributed by atoms with Crippen molar-refractivity contribution in [1.29, 1.82) is 0 Å². The van der Waals surface area contributed by atoms with Gasteiger partial charge in [0.15, 0.2) is 6.04 Å². The fourth-order valence-electron chi connectivity index (χ4n) is 1.49. The number of amides is 1. The summed E-state index contributed by atoms with van der Waals surface area (Å²) >= 11 is 8.51. The fraction of sp³-hybridized carbons (Fsp3) is 0.250. The first kappa shape index (κ1) is 15.9. The first-order valence-corrected chi connectivity index (χ1v) is 7.82. The number of hydrogen-bond donors (Lipinski definition) is 2. The molecule has 1 unspecified atom stereocenters. The summed E-state index contributed by atoms with van der Waals surface area (Å²) in [5.41, 5.74) is 0.168. The quantitative estimate of drug-likeness (QED) is 0.838. The number of halogens is 1. The van der Waals surface area contributed by atoms with Crippen molar-refractivity contribution >= 4 is 46.2 Å². The molecule has 2 rings (SSSR count). The fourth-order valence-corrected chi connectivity index (χ4v) is 3.41. The van der Waals surface area contributed by atoms with Gasteiger partial charge in [-0.05, 0) is 12.1 Å². The van der Waals surface area contributed by atoms with Crippen molar-refractivity contribution in [2.24, 2.45) is 0 Å². The first-order chi connectivity index (χ1) is 10.0. The van der Waals surface area contributed by atoms with Crippen molar-refractivity contribution in [3.8, 4) is 9.88 Å². The summed E-state index contributed by atoms with van der Waals surface area (Å²) in [6.07, 6.45) is 0. The number of aliphatic carboxylic acids is 1. The first-order valence-electron chi connectivity index (χ1n) is 5.75. The second kappa shape index (κ2) is 6.99. The number of carboxylic acids is 1. The number of nitrogens with zero attached hydrogens (tertiary/aromatic N) is 1. The normalized spacial score (nSPS) is 12.1. The van der Waals surface area contributed by atoms with Crippen LogP contribution in [0.2, 0.25) is 4.34 Å². The van der Waals surface area contributed by atoms with Crippen LogP contribution in [0.15, 0.2) is 17.5 Å². The molecule has 2 aromatic rings. The summed E-state index contributed by atoms with van der Waals surface area (Å²) in [6.45, 7) is -0.112. The number of rotatable bonds is 6. The molecule has 0 bridgehead atoms. The third-order valence-electron chi connectivity index (χ3n) is 2.46. The summed E-state index contributed by atoms with van der Waals surface area (Å²) in [7, 11) is 1.36. The van der Waals surface area contributed by atoms with E-state index in [-0.39, 0.29) is 12.3 Å². The van der Waals surface area contributed by atoms with Crippen molar-refractivity contribution in [2.75, 3.05) is 13.7 Å². The van der Waals surface area contributed by atoms with E-state index in [1.54, 1.807) is 11.4 Å². The Morgan fingerprint density at radius 2 is 2.29 bits per heavy atom. The molecule has 0 aliphatic rings. The number of nitrogens with one attached hydrogen (secondary N) is 1. The summed E-state index contributed by atoms with van der Waals surface area (Å²) in [5.74, 6) is -1.71. The summed E-state index contributed by atoms with van der Waals surface area (Å²) < 4.78 is 5.39. The molecule has 0 aliphatic carbocycles. The molecule has 0 aromatic carbocycles. The monoisotopic (exact) mass is 346 g/mol. The van der Waals surface area contributed by atoms with Gasteiger partial charge in [-0.2, -0.15) is 0 Å². The largest absolute Gasteiger partial charge is 0.480 e. The number of ether oxygens (including phenoxy) is 1. The molecule has 0 saturated carbocycles. The molecule has 2 heterocycles. The molecule has 1 atom stereocenters. The highest BCUT2D eigenvalue weighted by molar-refractivity contribution is 7.23. The zero-order valence-corrected chi connectivity index (χ0v) is 13.2. The van der Waals surface area contributed by atoms with Gasteiger partial charge in [0.2, 0.25) is 0 Å². The van der Waals surface area contributed by atoms with Crippen LogP contribution in [0.4, 0.5) is 0 Å². The van der Waals surface area contributed by atoms with Crippen molar-refractivity contribution in [1.82, 2.24) is 10.3 Å². The molecule has 21 heavy (non-hydrogen) atoms. The maximum Gasteiger partial charge on any atom is 0.328 e. The molecular formula is C12H11ClN2O4S2. The van der Waals surface area contributed by atoms with Crippen LogP contribution in [0.3, 0.4) is 0 Å². The second-order valence-electron chi connectivity index (χ2n) is 3.96. The highest BCUT2D eigenvalue weighted by Gasteiger charge is 2.22. The molecule has 9 heteroatoms. The van der Waals surface area contributed by atoms with Crippen molar-refractivity contribution < 1.29 is 19.4 Å². The molecular weight excluding hydrogens is 336 g/mol. The Balaban J connectivity index is 2.10. The molecule has 0 aliphatic heterocycles. The molecule has 2 N–H and O–H groups in total. The van der Waals surface area contributed by atoms with Gasteiger partial charge in [0, 0.05) is 12.5 Å². The van der Waals surface area contributed by atoms with Crippen LogP contribution in [0.1, 0.15) is 10.5 Å². The molecule has 1 amide bonds. The molecule has 0 spiro atoms. The lowest BCUT2D eigenvalue weighted by molar-refractivity contribution is -0.140. The van der Waals surface area contributed by atoms with Crippen molar-refractivity contribution in [2.45, 2.75) is 6.04 Å². The van der Waals surface area contributed by atoms with Crippen LogP contribution in [-0.2, 0) is 9.53 Å². The number of aromatic nitrogens is 1. The van der Waals surface area contributed by atoms with Gasteiger partial charge in [-0.1, -0.05) is 11.6 Å². The number of thiophene rings is 1. The zero-order chi connectivity index (χ0) is 15.4. The molecule has 0 fully saturated rings. The number of carboxylic acid groups (broad SMARTS) is 1. The maximum absolute atomic E-state index is 12.0. The van der Waals surface area contributed by atoms with E-state index in [2.05, 4.69) is 10.3 Å². The topological polar surface area (TPSA) is 88.5 Å². The van der Waals surface area contributed by atoms with E-state index in [0.29, 0.717) is 9.34 Å². The Morgan fingerprint density at radius 3 is 2.86 bits per heavy atom. The number of carbonyl (C=O) groups is 2. The lowest BCUT2D eigenvalue weighted by Gasteiger charge is -2.12. The van der Waals surface area contributed by atoms with E-state index in [1.165, 1.54) is 29.8 Å². The van der Waals surface area contributed by atoms with Gasteiger partial charge in [-0.3, -0.25) is 4.79 Å². The summed E-state index contributed by atoms with van der Waals surface area (Å²) in [6, 6.07) is 2.46. The minimum Gasteiger partial charge on any atom is -0.480 e.